The van der Waals surface area contributed by atoms with E-state index < -0.39 is 11.7 Å². The molecule has 0 aliphatic carbocycles. The summed E-state index contributed by atoms with van der Waals surface area (Å²) in [5.74, 6) is -0.614. The van der Waals surface area contributed by atoms with E-state index in [2.05, 4.69) is 20.2 Å². The topological polar surface area (TPSA) is 93.4 Å². The largest absolute Gasteiger partial charge is 0.490 e. The number of aryl methyl sites for hydroxylation is 2. The lowest BCUT2D eigenvalue weighted by atomic mass is 9.97. The van der Waals surface area contributed by atoms with Crippen LogP contribution in [0.1, 0.15) is 47.2 Å². The number of nitrogens with one attached hydrogen (secondary N) is 1. The van der Waals surface area contributed by atoms with Crippen LogP contribution in [0.4, 0.5) is 16.0 Å². The highest BCUT2D eigenvalue weighted by molar-refractivity contribution is 5.99. The quantitative estimate of drug-likeness (QED) is 0.422. The summed E-state index contributed by atoms with van der Waals surface area (Å²) in [6, 6.07) is 10.5. The lowest BCUT2D eigenvalue weighted by Gasteiger charge is -2.26. The SMILES string of the molecule is Cc1cccc(C)c1-c1nc(Nc2ccc(OCCCN3CCCCC3)c(F)c2)ncc1C(N)=O. The number of rotatable bonds is 9. The maximum absolute atomic E-state index is 14.7. The van der Waals surface area contributed by atoms with E-state index in [4.69, 9.17) is 10.5 Å². The van der Waals surface area contributed by atoms with E-state index in [0.29, 0.717) is 18.0 Å². The molecule has 1 aliphatic heterocycles. The zero-order chi connectivity index (χ0) is 24.8. The molecule has 1 saturated heterocycles. The van der Waals surface area contributed by atoms with Crippen LogP contribution in [0.25, 0.3) is 11.3 Å². The molecule has 3 aromatic rings. The molecule has 0 bridgehead atoms. The molecule has 2 aromatic carbocycles. The zero-order valence-electron chi connectivity index (χ0n) is 20.3. The Morgan fingerprint density at radius 3 is 2.57 bits per heavy atom. The minimum Gasteiger partial charge on any atom is -0.490 e. The predicted octanol–water partition coefficient (Wildman–Crippen LogP) is 5.00. The Morgan fingerprint density at radius 1 is 1.14 bits per heavy atom. The number of piperidine rings is 1. The van der Waals surface area contributed by atoms with Gasteiger partial charge in [0.05, 0.1) is 17.9 Å². The normalized spacial score (nSPS) is 14.0. The summed E-state index contributed by atoms with van der Waals surface area (Å²) >= 11 is 0. The first-order valence-electron chi connectivity index (χ1n) is 12.1. The van der Waals surface area contributed by atoms with Crippen LogP contribution < -0.4 is 15.8 Å². The van der Waals surface area contributed by atoms with Gasteiger partial charge in [0.1, 0.15) is 0 Å². The van der Waals surface area contributed by atoms with E-state index in [1.54, 1.807) is 12.1 Å². The number of benzene rings is 2. The monoisotopic (exact) mass is 477 g/mol. The lowest BCUT2D eigenvalue weighted by Crippen LogP contribution is -2.31. The number of carbonyl (C=O) groups excluding carboxylic acids is 1. The second-order valence-electron chi connectivity index (χ2n) is 8.96. The van der Waals surface area contributed by atoms with Crippen molar-refractivity contribution in [3.8, 4) is 17.0 Å². The molecule has 1 aromatic heterocycles. The van der Waals surface area contributed by atoms with Gasteiger partial charge < -0.3 is 20.7 Å². The Bertz CT molecular complexity index is 1170. The fourth-order valence-corrected chi connectivity index (χ4v) is 4.48. The summed E-state index contributed by atoms with van der Waals surface area (Å²) in [5, 5.41) is 3.02. The molecule has 2 heterocycles. The summed E-state index contributed by atoms with van der Waals surface area (Å²) in [6.07, 6.45) is 6.08. The van der Waals surface area contributed by atoms with E-state index in [-0.39, 0.29) is 17.3 Å². The first-order valence-corrected chi connectivity index (χ1v) is 12.1. The standard InChI is InChI=1S/C27H32FN5O2/c1-18-8-6-9-19(2)24(18)25-21(26(29)34)17-30-27(32-25)31-20-10-11-23(22(28)16-20)35-15-7-14-33-12-4-3-5-13-33/h6,8-11,16-17H,3-5,7,12-15H2,1-2H3,(H2,29,34)(H,30,31,32). The van der Waals surface area contributed by atoms with Crippen molar-refractivity contribution in [3.63, 3.8) is 0 Å². The van der Waals surface area contributed by atoms with Crippen LogP contribution in [-0.4, -0.2) is 47.0 Å². The van der Waals surface area contributed by atoms with Gasteiger partial charge in [0.25, 0.3) is 5.91 Å². The molecule has 3 N–H and O–H groups in total. The highest BCUT2D eigenvalue weighted by Crippen LogP contribution is 2.30. The van der Waals surface area contributed by atoms with Gasteiger partial charge in [-0.1, -0.05) is 24.6 Å². The van der Waals surface area contributed by atoms with Crippen LogP contribution in [0, 0.1) is 19.7 Å². The van der Waals surface area contributed by atoms with Gasteiger partial charge in [-0.15, -0.1) is 0 Å². The van der Waals surface area contributed by atoms with E-state index in [9.17, 15) is 9.18 Å². The zero-order valence-corrected chi connectivity index (χ0v) is 20.3. The molecule has 184 valence electrons. The van der Waals surface area contributed by atoms with Gasteiger partial charge in [0.15, 0.2) is 11.6 Å². The molecule has 7 nitrogen and oxygen atoms in total. The average Bonchev–Trinajstić information content (AvgIpc) is 2.83. The number of amides is 1. The Kier molecular flexibility index (Phi) is 7.92. The van der Waals surface area contributed by atoms with Gasteiger partial charge in [-0.05, 0) is 69.5 Å². The van der Waals surface area contributed by atoms with E-state index in [1.807, 2.05) is 32.0 Å². The first kappa shape index (κ1) is 24.6. The third-order valence-corrected chi connectivity index (χ3v) is 6.29. The molecule has 1 aliphatic rings. The Balaban J connectivity index is 1.45. The summed E-state index contributed by atoms with van der Waals surface area (Å²) in [4.78, 5) is 23.2. The average molecular weight is 478 g/mol. The number of halogens is 1. The van der Waals surface area contributed by atoms with E-state index in [0.717, 1.165) is 42.7 Å². The minimum atomic E-state index is -0.609. The van der Waals surface area contributed by atoms with Crippen molar-refractivity contribution in [1.82, 2.24) is 14.9 Å². The van der Waals surface area contributed by atoms with Crippen LogP contribution in [0.15, 0.2) is 42.6 Å². The Hall–Kier alpha value is -3.52. The fraction of sp³-hybridized carbons (Fsp3) is 0.370. The van der Waals surface area contributed by atoms with Crippen molar-refractivity contribution in [3.05, 3.63) is 65.1 Å². The van der Waals surface area contributed by atoms with E-state index >= 15 is 0 Å². The van der Waals surface area contributed by atoms with Crippen molar-refractivity contribution in [2.45, 2.75) is 39.5 Å². The van der Waals surface area contributed by atoms with Crippen molar-refractivity contribution in [2.24, 2.45) is 5.73 Å². The smallest absolute Gasteiger partial charge is 0.252 e. The van der Waals surface area contributed by atoms with Crippen molar-refractivity contribution >= 4 is 17.5 Å². The van der Waals surface area contributed by atoms with Crippen molar-refractivity contribution in [1.29, 1.82) is 0 Å². The Morgan fingerprint density at radius 2 is 1.89 bits per heavy atom. The molecule has 4 rings (SSSR count). The summed E-state index contributed by atoms with van der Waals surface area (Å²) < 4.78 is 20.3. The number of aromatic nitrogens is 2. The lowest BCUT2D eigenvalue weighted by molar-refractivity contribution is 0.100. The fourth-order valence-electron chi connectivity index (χ4n) is 4.48. The minimum absolute atomic E-state index is 0.218. The molecule has 1 fully saturated rings. The van der Waals surface area contributed by atoms with Crippen LogP contribution in [0.5, 0.6) is 5.75 Å². The molecular weight excluding hydrogens is 445 g/mol. The second kappa shape index (κ2) is 11.3. The summed E-state index contributed by atoms with van der Waals surface area (Å²) in [7, 11) is 0. The summed E-state index contributed by atoms with van der Waals surface area (Å²) in [6.45, 7) is 7.62. The predicted molar refractivity (Wildman–Crippen MR) is 136 cm³/mol. The van der Waals surface area contributed by atoms with E-state index in [1.165, 1.54) is 31.5 Å². The maximum Gasteiger partial charge on any atom is 0.252 e. The third-order valence-electron chi connectivity index (χ3n) is 6.29. The maximum atomic E-state index is 14.7. The molecule has 0 unspecified atom stereocenters. The molecular formula is C27H32FN5O2. The first-order chi connectivity index (χ1) is 16.9. The molecule has 35 heavy (non-hydrogen) atoms. The van der Waals surface area contributed by atoms with Gasteiger partial charge in [0, 0.05) is 30.1 Å². The number of nitrogens with two attached hydrogens (primary N) is 1. The Labute approximate surface area is 205 Å². The van der Waals surface area contributed by atoms with Crippen LogP contribution in [0.2, 0.25) is 0 Å². The molecule has 0 saturated carbocycles. The number of nitrogens with zero attached hydrogens (tertiary/aromatic N) is 3. The summed E-state index contributed by atoms with van der Waals surface area (Å²) in [5.41, 5.74) is 9.48. The molecule has 0 spiro atoms. The number of ether oxygens (including phenoxy) is 1. The highest BCUT2D eigenvalue weighted by Gasteiger charge is 2.18. The van der Waals surface area contributed by atoms with Gasteiger partial charge in [0.2, 0.25) is 5.95 Å². The second-order valence-corrected chi connectivity index (χ2v) is 8.96. The van der Waals surface area contributed by atoms with Crippen LogP contribution >= 0.6 is 0 Å². The van der Waals surface area contributed by atoms with Crippen LogP contribution in [-0.2, 0) is 0 Å². The number of hydrogen-bond donors (Lipinski definition) is 2. The number of likely N-dealkylation sites (tertiary alicyclic amines) is 1. The third kappa shape index (κ3) is 6.14. The molecule has 0 atom stereocenters. The molecule has 0 radical (unpaired) electrons. The number of anilines is 2. The van der Waals surface area contributed by atoms with Gasteiger partial charge in [-0.3, -0.25) is 4.79 Å². The van der Waals surface area contributed by atoms with Gasteiger partial charge in [-0.2, -0.15) is 0 Å². The van der Waals surface area contributed by atoms with Crippen molar-refractivity contribution in [2.75, 3.05) is 31.6 Å². The van der Waals surface area contributed by atoms with Gasteiger partial charge >= 0.3 is 0 Å². The van der Waals surface area contributed by atoms with Crippen LogP contribution in [0.3, 0.4) is 0 Å². The number of primary amides is 1. The number of carbonyl (C=O) groups is 1. The molecule has 1 amide bonds. The molecule has 8 heteroatoms. The van der Waals surface area contributed by atoms with Gasteiger partial charge in [-0.25, -0.2) is 14.4 Å². The van der Waals surface area contributed by atoms with Crippen molar-refractivity contribution < 1.29 is 13.9 Å². The number of hydrogen-bond acceptors (Lipinski definition) is 6. The highest BCUT2D eigenvalue weighted by atomic mass is 19.1.